The maximum atomic E-state index is 3.52. The summed E-state index contributed by atoms with van der Waals surface area (Å²) in [5.41, 5.74) is 2.89. The van der Waals surface area contributed by atoms with E-state index in [1.54, 1.807) is 0 Å². The number of hydrogen-bond acceptors (Lipinski definition) is 1. The van der Waals surface area contributed by atoms with Crippen LogP contribution < -0.4 is 5.32 Å². The molecule has 0 spiro atoms. The van der Waals surface area contributed by atoms with E-state index >= 15 is 0 Å². The topological polar surface area (TPSA) is 12.0 Å². The van der Waals surface area contributed by atoms with E-state index in [-0.39, 0.29) is 0 Å². The molecule has 1 aliphatic heterocycles. The molecule has 1 aromatic carbocycles. The van der Waals surface area contributed by atoms with Crippen molar-refractivity contribution in [1.29, 1.82) is 0 Å². The van der Waals surface area contributed by atoms with Gasteiger partial charge in [-0.2, -0.15) is 0 Å². The second-order valence-electron chi connectivity index (χ2n) is 4.47. The van der Waals surface area contributed by atoms with Crippen LogP contribution in [0.4, 0.5) is 0 Å². The van der Waals surface area contributed by atoms with Crippen molar-refractivity contribution in [1.82, 2.24) is 5.32 Å². The first kappa shape index (κ1) is 9.72. The molecule has 1 aliphatic rings. The van der Waals surface area contributed by atoms with E-state index < -0.39 is 0 Å². The zero-order valence-electron chi connectivity index (χ0n) is 9.09. The SMILES string of the molecule is CC(C)c1ccc([C@H]2CCCN2)cc1. The van der Waals surface area contributed by atoms with Gasteiger partial charge in [-0.1, -0.05) is 38.1 Å². The molecule has 1 heteroatoms. The largest absolute Gasteiger partial charge is 0.310 e. The van der Waals surface area contributed by atoms with Gasteiger partial charge in [0.25, 0.3) is 0 Å². The first-order valence-corrected chi connectivity index (χ1v) is 5.60. The van der Waals surface area contributed by atoms with Crippen LogP contribution in [-0.2, 0) is 0 Å². The van der Waals surface area contributed by atoms with Crippen LogP contribution in [0.2, 0.25) is 0 Å². The lowest BCUT2D eigenvalue weighted by atomic mass is 9.98. The van der Waals surface area contributed by atoms with Crippen molar-refractivity contribution in [3.05, 3.63) is 35.4 Å². The molecule has 14 heavy (non-hydrogen) atoms. The Labute approximate surface area is 86.5 Å². The molecular weight excluding hydrogens is 170 g/mol. The summed E-state index contributed by atoms with van der Waals surface area (Å²) in [7, 11) is 0. The second-order valence-corrected chi connectivity index (χ2v) is 4.47. The highest BCUT2D eigenvalue weighted by Crippen LogP contribution is 2.24. The molecule has 1 heterocycles. The molecule has 0 aliphatic carbocycles. The molecule has 1 N–H and O–H groups in total. The molecule has 0 bridgehead atoms. The zero-order valence-corrected chi connectivity index (χ0v) is 9.09. The van der Waals surface area contributed by atoms with Crippen molar-refractivity contribution in [3.63, 3.8) is 0 Å². The Bertz CT molecular complexity index is 281. The number of benzene rings is 1. The minimum atomic E-state index is 0.608. The van der Waals surface area contributed by atoms with Crippen LogP contribution in [0.1, 0.15) is 49.8 Å². The Hall–Kier alpha value is -0.820. The minimum Gasteiger partial charge on any atom is -0.310 e. The summed E-state index contributed by atoms with van der Waals surface area (Å²) in [6, 6.07) is 9.69. The van der Waals surface area contributed by atoms with Gasteiger partial charge < -0.3 is 5.32 Å². The van der Waals surface area contributed by atoms with Gasteiger partial charge >= 0.3 is 0 Å². The fraction of sp³-hybridized carbons (Fsp3) is 0.538. The van der Waals surface area contributed by atoms with E-state index in [4.69, 9.17) is 0 Å². The van der Waals surface area contributed by atoms with Gasteiger partial charge in [0.05, 0.1) is 0 Å². The predicted octanol–water partition coefficient (Wildman–Crippen LogP) is 3.23. The Morgan fingerprint density at radius 1 is 1.21 bits per heavy atom. The van der Waals surface area contributed by atoms with Gasteiger partial charge in [0.15, 0.2) is 0 Å². The first-order chi connectivity index (χ1) is 6.77. The quantitative estimate of drug-likeness (QED) is 0.753. The van der Waals surface area contributed by atoms with Crippen LogP contribution in [0, 0.1) is 0 Å². The molecule has 2 rings (SSSR count). The van der Waals surface area contributed by atoms with Crippen molar-refractivity contribution < 1.29 is 0 Å². The van der Waals surface area contributed by atoms with E-state index in [2.05, 4.69) is 43.4 Å². The molecule has 1 aromatic rings. The normalized spacial score (nSPS) is 21.8. The van der Waals surface area contributed by atoms with E-state index in [0.717, 1.165) is 0 Å². The van der Waals surface area contributed by atoms with Gasteiger partial charge in [-0.15, -0.1) is 0 Å². The zero-order chi connectivity index (χ0) is 9.97. The standard InChI is InChI=1S/C13H19N/c1-10(2)11-5-7-12(8-6-11)13-4-3-9-14-13/h5-8,10,13-14H,3-4,9H2,1-2H3/t13-/m1/s1. The van der Waals surface area contributed by atoms with E-state index in [1.165, 1.54) is 30.5 Å². The first-order valence-electron chi connectivity index (χ1n) is 5.60. The lowest BCUT2D eigenvalue weighted by molar-refractivity contribution is 0.647. The van der Waals surface area contributed by atoms with E-state index in [9.17, 15) is 0 Å². The average molecular weight is 189 g/mol. The maximum Gasteiger partial charge on any atom is 0.0320 e. The third kappa shape index (κ3) is 1.98. The highest BCUT2D eigenvalue weighted by molar-refractivity contribution is 5.27. The second kappa shape index (κ2) is 4.14. The van der Waals surface area contributed by atoms with E-state index in [1.807, 2.05) is 0 Å². The van der Waals surface area contributed by atoms with Crippen LogP contribution in [0.3, 0.4) is 0 Å². The summed E-state index contributed by atoms with van der Waals surface area (Å²) in [5, 5.41) is 3.52. The van der Waals surface area contributed by atoms with Crippen molar-refractivity contribution in [2.24, 2.45) is 0 Å². The van der Waals surface area contributed by atoms with Crippen LogP contribution in [-0.4, -0.2) is 6.54 Å². The fourth-order valence-electron chi connectivity index (χ4n) is 2.08. The lowest BCUT2D eigenvalue weighted by Gasteiger charge is -2.12. The molecule has 0 radical (unpaired) electrons. The van der Waals surface area contributed by atoms with Gasteiger partial charge in [0, 0.05) is 6.04 Å². The van der Waals surface area contributed by atoms with Crippen molar-refractivity contribution in [2.45, 2.75) is 38.6 Å². The smallest absolute Gasteiger partial charge is 0.0320 e. The van der Waals surface area contributed by atoms with Crippen molar-refractivity contribution >= 4 is 0 Å². The highest BCUT2D eigenvalue weighted by atomic mass is 14.9. The molecule has 1 fully saturated rings. The summed E-state index contributed by atoms with van der Waals surface area (Å²) in [6.07, 6.45) is 2.61. The van der Waals surface area contributed by atoms with E-state index in [0.29, 0.717) is 12.0 Å². The molecule has 1 nitrogen and oxygen atoms in total. The van der Waals surface area contributed by atoms with Gasteiger partial charge in [-0.3, -0.25) is 0 Å². The average Bonchev–Trinajstić information content (AvgIpc) is 2.71. The Morgan fingerprint density at radius 2 is 1.93 bits per heavy atom. The third-order valence-electron chi connectivity index (χ3n) is 3.07. The van der Waals surface area contributed by atoms with Crippen molar-refractivity contribution in [3.8, 4) is 0 Å². The molecular formula is C13H19N. The lowest BCUT2D eigenvalue weighted by Crippen LogP contribution is -2.12. The fourth-order valence-corrected chi connectivity index (χ4v) is 2.08. The minimum absolute atomic E-state index is 0.608. The Balaban J connectivity index is 2.12. The molecule has 0 unspecified atom stereocenters. The summed E-state index contributed by atoms with van der Waals surface area (Å²) >= 11 is 0. The van der Waals surface area contributed by atoms with Crippen molar-refractivity contribution in [2.75, 3.05) is 6.54 Å². The van der Waals surface area contributed by atoms with Crippen LogP contribution in [0.25, 0.3) is 0 Å². The Kier molecular flexibility index (Phi) is 2.87. The van der Waals surface area contributed by atoms with Gasteiger partial charge in [-0.05, 0) is 36.4 Å². The van der Waals surface area contributed by atoms with Crippen LogP contribution in [0.5, 0.6) is 0 Å². The molecule has 1 saturated heterocycles. The van der Waals surface area contributed by atoms with Crippen LogP contribution in [0.15, 0.2) is 24.3 Å². The van der Waals surface area contributed by atoms with Gasteiger partial charge in [0.2, 0.25) is 0 Å². The number of hydrogen-bond donors (Lipinski definition) is 1. The summed E-state index contributed by atoms with van der Waals surface area (Å²) in [4.78, 5) is 0. The van der Waals surface area contributed by atoms with Crippen LogP contribution >= 0.6 is 0 Å². The maximum absolute atomic E-state index is 3.52. The Morgan fingerprint density at radius 3 is 2.43 bits per heavy atom. The van der Waals surface area contributed by atoms with Gasteiger partial charge in [0.1, 0.15) is 0 Å². The highest BCUT2D eigenvalue weighted by Gasteiger charge is 2.15. The summed E-state index contributed by atoms with van der Waals surface area (Å²) < 4.78 is 0. The third-order valence-corrected chi connectivity index (χ3v) is 3.07. The predicted molar refractivity (Wildman–Crippen MR) is 60.5 cm³/mol. The number of nitrogens with one attached hydrogen (secondary N) is 1. The monoisotopic (exact) mass is 189 g/mol. The molecule has 0 amide bonds. The molecule has 0 saturated carbocycles. The molecule has 0 aromatic heterocycles. The molecule has 76 valence electrons. The van der Waals surface area contributed by atoms with Gasteiger partial charge in [-0.25, -0.2) is 0 Å². The molecule has 1 atom stereocenters. The number of rotatable bonds is 2. The summed E-state index contributed by atoms with van der Waals surface area (Å²) in [5.74, 6) is 0.639. The summed E-state index contributed by atoms with van der Waals surface area (Å²) in [6.45, 7) is 5.66.